The molecule has 0 aliphatic rings. The maximum absolute atomic E-state index is 5.24. The first kappa shape index (κ1) is 12.8. The molecule has 0 aromatic heterocycles. The molecule has 0 aliphatic carbocycles. The molecule has 76 valence electrons. The Labute approximate surface area is 88.1 Å². The molecule has 0 unspecified atom stereocenters. The SMILES string of the molecule is CCCCCCCCCCC#CCl. The average Bonchev–Trinajstić information content (AvgIpc) is 2.16. The van der Waals surface area contributed by atoms with Gasteiger partial charge in [-0.25, -0.2) is 0 Å². The average molecular weight is 201 g/mol. The Morgan fingerprint density at radius 2 is 1.38 bits per heavy atom. The first-order chi connectivity index (χ1) is 6.41. The van der Waals surface area contributed by atoms with Crippen LogP contribution < -0.4 is 0 Å². The minimum absolute atomic E-state index is 0.971. The molecule has 0 nitrogen and oxygen atoms in total. The molecule has 0 bridgehead atoms. The summed E-state index contributed by atoms with van der Waals surface area (Å²) in [6, 6.07) is 0. The Kier molecular flexibility index (Phi) is 11.7. The molecule has 0 saturated carbocycles. The molecule has 0 atom stereocenters. The summed E-state index contributed by atoms with van der Waals surface area (Å²) in [5, 5.41) is 2.41. The van der Waals surface area contributed by atoms with Crippen molar-refractivity contribution < 1.29 is 0 Å². The molecule has 0 spiro atoms. The lowest BCUT2D eigenvalue weighted by molar-refractivity contribution is 0.579. The zero-order chi connectivity index (χ0) is 9.78. The van der Waals surface area contributed by atoms with Gasteiger partial charge in [0.05, 0.1) is 0 Å². The van der Waals surface area contributed by atoms with Gasteiger partial charge >= 0.3 is 0 Å². The van der Waals surface area contributed by atoms with Crippen LogP contribution in [-0.2, 0) is 0 Å². The highest BCUT2D eigenvalue weighted by Crippen LogP contribution is 2.08. The van der Waals surface area contributed by atoms with Gasteiger partial charge in [0, 0.05) is 11.8 Å². The third kappa shape index (κ3) is 11.9. The monoisotopic (exact) mass is 200 g/mol. The van der Waals surface area contributed by atoms with Gasteiger partial charge < -0.3 is 0 Å². The van der Waals surface area contributed by atoms with E-state index in [-0.39, 0.29) is 0 Å². The summed E-state index contributed by atoms with van der Waals surface area (Å²) in [4.78, 5) is 0. The molecule has 0 saturated heterocycles. The van der Waals surface area contributed by atoms with Crippen molar-refractivity contribution >= 4 is 11.6 Å². The van der Waals surface area contributed by atoms with Crippen molar-refractivity contribution in [3.63, 3.8) is 0 Å². The Morgan fingerprint density at radius 3 is 1.92 bits per heavy atom. The van der Waals surface area contributed by atoms with Gasteiger partial charge in [0.1, 0.15) is 0 Å². The maximum atomic E-state index is 5.24. The van der Waals surface area contributed by atoms with Gasteiger partial charge in [-0.1, -0.05) is 57.8 Å². The van der Waals surface area contributed by atoms with Crippen LogP contribution in [0.5, 0.6) is 0 Å². The third-order valence-corrected chi connectivity index (χ3v) is 2.36. The molecule has 0 aromatic carbocycles. The normalized spacial score (nSPS) is 9.38. The van der Waals surface area contributed by atoms with Crippen LogP contribution >= 0.6 is 11.6 Å². The highest BCUT2D eigenvalue weighted by molar-refractivity contribution is 6.30. The quantitative estimate of drug-likeness (QED) is 0.393. The van der Waals surface area contributed by atoms with Gasteiger partial charge in [0.15, 0.2) is 0 Å². The number of hydrogen-bond acceptors (Lipinski definition) is 0. The summed E-state index contributed by atoms with van der Waals surface area (Å²) in [5.74, 6) is 2.87. The van der Waals surface area contributed by atoms with Gasteiger partial charge in [-0.2, -0.15) is 0 Å². The molecule has 0 aromatic rings. The van der Waals surface area contributed by atoms with E-state index in [0.717, 1.165) is 6.42 Å². The summed E-state index contributed by atoms with van der Waals surface area (Å²) in [6.45, 7) is 2.25. The predicted octanol–water partition coefficient (Wildman–Crippen LogP) is 4.72. The van der Waals surface area contributed by atoms with Crippen LogP contribution in [0, 0.1) is 11.3 Å². The first-order valence-electron chi connectivity index (χ1n) is 5.50. The third-order valence-electron chi connectivity index (χ3n) is 2.22. The van der Waals surface area contributed by atoms with E-state index in [1.807, 2.05) is 0 Å². The van der Waals surface area contributed by atoms with Crippen molar-refractivity contribution in [2.75, 3.05) is 0 Å². The fourth-order valence-electron chi connectivity index (χ4n) is 1.39. The largest absolute Gasteiger partial charge is 0.0859 e. The fraction of sp³-hybridized carbons (Fsp3) is 0.833. The smallest absolute Gasteiger partial charge is 0.0101 e. The highest BCUT2D eigenvalue weighted by atomic mass is 35.5. The number of rotatable bonds is 8. The molecule has 0 rings (SSSR count). The van der Waals surface area contributed by atoms with Gasteiger partial charge in [0.2, 0.25) is 0 Å². The van der Waals surface area contributed by atoms with Gasteiger partial charge in [-0.15, -0.1) is 0 Å². The minimum atomic E-state index is 0.971. The van der Waals surface area contributed by atoms with E-state index in [2.05, 4.69) is 18.2 Å². The van der Waals surface area contributed by atoms with Crippen LogP contribution in [0.25, 0.3) is 0 Å². The van der Waals surface area contributed by atoms with Crippen molar-refractivity contribution in [3.8, 4) is 11.3 Å². The van der Waals surface area contributed by atoms with Crippen LogP contribution in [0.1, 0.15) is 64.7 Å². The summed E-state index contributed by atoms with van der Waals surface area (Å²) in [5.41, 5.74) is 0. The lowest BCUT2D eigenvalue weighted by Crippen LogP contribution is -1.79. The summed E-state index contributed by atoms with van der Waals surface area (Å²) >= 11 is 5.24. The molecule has 13 heavy (non-hydrogen) atoms. The van der Waals surface area contributed by atoms with E-state index < -0.39 is 0 Å². The zero-order valence-electron chi connectivity index (χ0n) is 8.74. The maximum Gasteiger partial charge on any atom is 0.0101 e. The molecule has 0 N–H and O–H groups in total. The van der Waals surface area contributed by atoms with Crippen molar-refractivity contribution in [2.45, 2.75) is 64.7 Å². The molecule has 0 heterocycles. The van der Waals surface area contributed by atoms with E-state index in [1.165, 1.54) is 51.4 Å². The number of halogens is 1. The molecule has 0 radical (unpaired) electrons. The van der Waals surface area contributed by atoms with Crippen LogP contribution in [0.2, 0.25) is 0 Å². The van der Waals surface area contributed by atoms with Crippen LogP contribution in [0.15, 0.2) is 0 Å². The minimum Gasteiger partial charge on any atom is -0.0859 e. The number of unbranched alkanes of at least 4 members (excludes halogenated alkanes) is 8. The summed E-state index contributed by atoms with van der Waals surface area (Å²) in [7, 11) is 0. The zero-order valence-corrected chi connectivity index (χ0v) is 9.50. The van der Waals surface area contributed by atoms with Crippen LogP contribution in [0.4, 0.5) is 0 Å². The molecule has 0 fully saturated rings. The topological polar surface area (TPSA) is 0 Å². The highest BCUT2D eigenvalue weighted by Gasteiger charge is 1.89. The Balaban J connectivity index is 2.86. The molecule has 1 heteroatoms. The van der Waals surface area contributed by atoms with Gasteiger partial charge in [-0.05, 0) is 18.0 Å². The van der Waals surface area contributed by atoms with E-state index in [9.17, 15) is 0 Å². The van der Waals surface area contributed by atoms with Crippen LogP contribution in [0.3, 0.4) is 0 Å². The van der Waals surface area contributed by atoms with Crippen LogP contribution in [-0.4, -0.2) is 0 Å². The Bertz CT molecular complexity index is 141. The lowest BCUT2D eigenvalue weighted by Gasteiger charge is -1.98. The second-order valence-corrected chi connectivity index (χ2v) is 3.69. The second kappa shape index (κ2) is 11.8. The predicted molar refractivity (Wildman–Crippen MR) is 60.9 cm³/mol. The molecular formula is C12H21Cl. The standard InChI is InChI=1S/C12H21Cl/c1-2-3-4-5-6-7-8-9-10-11-12-13/h2-10H2,1H3. The van der Waals surface area contributed by atoms with E-state index in [4.69, 9.17) is 11.6 Å². The second-order valence-electron chi connectivity index (χ2n) is 3.50. The molecular weight excluding hydrogens is 180 g/mol. The van der Waals surface area contributed by atoms with Crippen molar-refractivity contribution in [3.05, 3.63) is 0 Å². The van der Waals surface area contributed by atoms with Gasteiger partial charge in [0.25, 0.3) is 0 Å². The van der Waals surface area contributed by atoms with E-state index in [0.29, 0.717) is 0 Å². The van der Waals surface area contributed by atoms with E-state index >= 15 is 0 Å². The Hall–Kier alpha value is -0.150. The van der Waals surface area contributed by atoms with Crippen molar-refractivity contribution in [2.24, 2.45) is 0 Å². The Morgan fingerprint density at radius 1 is 0.846 bits per heavy atom. The number of hydrogen-bond donors (Lipinski definition) is 0. The summed E-state index contributed by atoms with van der Waals surface area (Å²) < 4.78 is 0. The van der Waals surface area contributed by atoms with Gasteiger partial charge in [-0.3, -0.25) is 0 Å². The van der Waals surface area contributed by atoms with E-state index in [1.54, 1.807) is 0 Å². The first-order valence-corrected chi connectivity index (χ1v) is 5.88. The summed E-state index contributed by atoms with van der Waals surface area (Å²) in [6.07, 6.45) is 11.8. The molecule has 0 aliphatic heterocycles. The lowest BCUT2D eigenvalue weighted by atomic mass is 10.1. The van der Waals surface area contributed by atoms with Crippen molar-refractivity contribution in [1.29, 1.82) is 0 Å². The fourth-order valence-corrected chi connectivity index (χ4v) is 1.49. The molecule has 0 amide bonds. The van der Waals surface area contributed by atoms with Crippen molar-refractivity contribution in [1.82, 2.24) is 0 Å².